The molecule has 1 heterocycles. The molecule has 0 bridgehead atoms. The predicted molar refractivity (Wildman–Crippen MR) is 75.3 cm³/mol. The smallest absolute Gasteiger partial charge is 0.170 e. The third kappa shape index (κ3) is 3.45. The summed E-state index contributed by atoms with van der Waals surface area (Å²) in [5, 5.41) is 12.5. The lowest BCUT2D eigenvalue weighted by Gasteiger charge is -2.07. The van der Waals surface area contributed by atoms with E-state index in [1.54, 1.807) is 30.4 Å². The maximum atomic E-state index is 8.64. The highest BCUT2D eigenvalue weighted by molar-refractivity contribution is 7.98. The minimum atomic E-state index is 0.122. The van der Waals surface area contributed by atoms with Gasteiger partial charge in [0.05, 0.1) is 6.20 Å². The van der Waals surface area contributed by atoms with E-state index in [1.807, 2.05) is 25.1 Å². The van der Waals surface area contributed by atoms with E-state index in [9.17, 15) is 0 Å². The van der Waals surface area contributed by atoms with Crippen LogP contribution in [0.1, 0.15) is 16.7 Å². The van der Waals surface area contributed by atoms with Crippen LogP contribution in [-0.4, -0.2) is 21.0 Å². The number of thioether (sulfide) groups is 1. The molecular formula is C13H14N4OS. The number of amidine groups is 1. The highest BCUT2D eigenvalue weighted by Gasteiger charge is 2.04. The fourth-order valence-corrected chi connectivity index (χ4v) is 2.48. The van der Waals surface area contributed by atoms with Crippen molar-refractivity contribution in [1.82, 2.24) is 9.97 Å². The first-order valence-corrected chi connectivity index (χ1v) is 6.65. The Bertz CT molecular complexity index is 586. The zero-order valence-electron chi connectivity index (χ0n) is 10.4. The van der Waals surface area contributed by atoms with Crippen LogP contribution in [0.2, 0.25) is 0 Å². The van der Waals surface area contributed by atoms with Crippen molar-refractivity contribution in [3.8, 4) is 0 Å². The molecule has 6 heteroatoms. The van der Waals surface area contributed by atoms with Crippen molar-refractivity contribution in [3.63, 3.8) is 0 Å². The van der Waals surface area contributed by atoms with Gasteiger partial charge >= 0.3 is 0 Å². The van der Waals surface area contributed by atoms with Crippen LogP contribution in [0.5, 0.6) is 0 Å². The monoisotopic (exact) mass is 274 g/mol. The predicted octanol–water partition coefficient (Wildman–Crippen LogP) is 2.17. The molecule has 2 aromatic rings. The molecular weight excluding hydrogens is 260 g/mol. The lowest BCUT2D eigenvalue weighted by atomic mass is 10.1. The lowest BCUT2D eigenvalue weighted by Crippen LogP contribution is -2.13. The van der Waals surface area contributed by atoms with Gasteiger partial charge in [-0.05, 0) is 24.1 Å². The van der Waals surface area contributed by atoms with Gasteiger partial charge in [-0.15, -0.1) is 11.8 Å². The molecule has 1 aromatic carbocycles. The zero-order chi connectivity index (χ0) is 13.7. The van der Waals surface area contributed by atoms with Crippen molar-refractivity contribution in [2.75, 3.05) is 0 Å². The first-order chi connectivity index (χ1) is 9.20. The molecule has 0 aliphatic heterocycles. The van der Waals surface area contributed by atoms with Crippen molar-refractivity contribution in [2.24, 2.45) is 10.9 Å². The molecule has 0 aliphatic rings. The molecule has 0 amide bonds. The van der Waals surface area contributed by atoms with Crippen molar-refractivity contribution in [1.29, 1.82) is 0 Å². The Balaban J connectivity index is 2.10. The number of hydrogen-bond acceptors (Lipinski definition) is 5. The third-order valence-corrected chi connectivity index (χ3v) is 3.62. The number of nitrogens with two attached hydrogens (primary N) is 1. The number of aromatic nitrogens is 2. The largest absolute Gasteiger partial charge is 0.409 e. The van der Waals surface area contributed by atoms with Crippen LogP contribution >= 0.6 is 11.8 Å². The average Bonchev–Trinajstić information content (AvgIpc) is 2.46. The standard InChI is InChI=1S/C13H14N4OS/c1-9-6-10(13(14)17-18)2-3-11(9)8-19-12-7-15-4-5-16-12/h2-7,18H,8H2,1H3,(H2,14,17). The summed E-state index contributed by atoms with van der Waals surface area (Å²) >= 11 is 1.62. The van der Waals surface area contributed by atoms with Gasteiger partial charge in [-0.3, -0.25) is 4.98 Å². The molecule has 3 N–H and O–H groups in total. The van der Waals surface area contributed by atoms with Crippen LogP contribution in [0.3, 0.4) is 0 Å². The van der Waals surface area contributed by atoms with Gasteiger partial charge in [0.1, 0.15) is 5.03 Å². The Labute approximate surface area is 115 Å². The summed E-state index contributed by atoms with van der Waals surface area (Å²) in [6.45, 7) is 2.00. The van der Waals surface area contributed by atoms with Crippen LogP contribution in [0, 0.1) is 6.92 Å². The zero-order valence-corrected chi connectivity index (χ0v) is 11.3. The van der Waals surface area contributed by atoms with Gasteiger partial charge in [0, 0.05) is 23.7 Å². The quantitative estimate of drug-likeness (QED) is 0.293. The molecule has 0 fully saturated rings. The summed E-state index contributed by atoms with van der Waals surface area (Å²) in [5.74, 6) is 0.928. The molecule has 0 unspecified atom stereocenters. The lowest BCUT2D eigenvalue weighted by molar-refractivity contribution is 0.318. The van der Waals surface area contributed by atoms with E-state index >= 15 is 0 Å². The second-order valence-electron chi connectivity index (χ2n) is 3.96. The molecule has 0 saturated heterocycles. The maximum absolute atomic E-state index is 8.64. The van der Waals surface area contributed by atoms with E-state index < -0.39 is 0 Å². The van der Waals surface area contributed by atoms with Gasteiger partial charge < -0.3 is 10.9 Å². The third-order valence-electron chi connectivity index (χ3n) is 2.66. The van der Waals surface area contributed by atoms with Crippen LogP contribution < -0.4 is 5.73 Å². The summed E-state index contributed by atoms with van der Waals surface area (Å²) in [6, 6.07) is 5.72. The average molecular weight is 274 g/mol. The van der Waals surface area contributed by atoms with Gasteiger partial charge in [0.25, 0.3) is 0 Å². The molecule has 98 valence electrons. The van der Waals surface area contributed by atoms with Crippen molar-refractivity contribution in [3.05, 3.63) is 53.5 Å². The number of hydrogen-bond donors (Lipinski definition) is 2. The number of oxime groups is 1. The number of benzene rings is 1. The van der Waals surface area contributed by atoms with Crippen LogP contribution in [0.4, 0.5) is 0 Å². The van der Waals surface area contributed by atoms with Crippen LogP contribution in [0.25, 0.3) is 0 Å². The SMILES string of the molecule is Cc1cc(/C(N)=N/O)ccc1CSc1cnccn1. The van der Waals surface area contributed by atoms with Gasteiger partial charge in [-0.1, -0.05) is 17.3 Å². The topological polar surface area (TPSA) is 84.4 Å². The minimum absolute atomic E-state index is 0.122. The Hall–Kier alpha value is -2.08. The summed E-state index contributed by atoms with van der Waals surface area (Å²) in [7, 11) is 0. The summed E-state index contributed by atoms with van der Waals surface area (Å²) in [5.41, 5.74) is 8.55. The Morgan fingerprint density at radius 2 is 2.26 bits per heavy atom. The summed E-state index contributed by atoms with van der Waals surface area (Å²) in [6.07, 6.45) is 5.07. The molecule has 5 nitrogen and oxygen atoms in total. The van der Waals surface area contributed by atoms with E-state index in [2.05, 4.69) is 15.1 Å². The van der Waals surface area contributed by atoms with Gasteiger partial charge in [-0.25, -0.2) is 4.98 Å². The minimum Gasteiger partial charge on any atom is -0.409 e. The number of rotatable bonds is 4. The highest BCUT2D eigenvalue weighted by atomic mass is 32.2. The Kier molecular flexibility index (Phi) is 4.35. The van der Waals surface area contributed by atoms with Crippen LogP contribution in [0.15, 0.2) is 47.0 Å². The maximum Gasteiger partial charge on any atom is 0.170 e. The van der Waals surface area contributed by atoms with Crippen molar-refractivity contribution < 1.29 is 5.21 Å². The second-order valence-corrected chi connectivity index (χ2v) is 4.95. The summed E-state index contributed by atoms with van der Waals surface area (Å²) < 4.78 is 0. The molecule has 0 spiro atoms. The molecule has 0 saturated carbocycles. The van der Waals surface area contributed by atoms with E-state index in [0.29, 0.717) is 5.56 Å². The van der Waals surface area contributed by atoms with E-state index in [4.69, 9.17) is 10.9 Å². The van der Waals surface area contributed by atoms with E-state index in [-0.39, 0.29) is 5.84 Å². The van der Waals surface area contributed by atoms with Gasteiger partial charge in [0.15, 0.2) is 5.84 Å². The van der Waals surface area contributed by atoms with Gasteiger partial charge in [-0.2, -0.15) is 0 Å². The Morgan fingerprint density at radius 1 is 1.42 bits per heavy atom. The van der Waals surface area contributed by atoms with Crippen LogP contribution in [-0.2, 0) is 5.75 Å². The fraction of sp³-hybridized carbons (Fsp3) is 0.154. The molecule has 0 atom stereocenters. The van der Waals surface area contributed by atoms with Gasteiger partial charge in [0.2, 0.25) is 0 Å². The van der Waals surface area contributed by atoms with E-state index in [1.165, 1.54) is 5.56 Å². The molecule has 2 rings (SSSR count). The molecule has 1 aromatic heterocycles. The summed E-state index contributed by atoms with van der Waals surface area (Å²) in [4.78, 5) is 8.24. The Morgan fingerprint density at radius 3 is 2.89 bits per heavy atom. The first kappa shape index (κ1) is 13.4. The first-order valence-electron chi connectivity index (χ1n) is 5.67. The number of aryl methyl sites for hydroxylation is 1. The molecule has 0 radical (unpaired) electrons. The van der Waals surface area contributed by atoms with Crippen molar-refractivity contribution in [2.45, 2.75) is 17.7 Å². The molecule has 19 heavy (non-hydrogen) atoms. The number of nitrogens with zero attached hydrogens (tertiary/aromatic N) is 3. The second kappa shape index (κ2) is 6.19. The fourth-order valence-electron chi connectivity index (χ4n) is 1.59. The normalized spacial score (nSPS) is 11.5. The van der Waals surface area contributed by atoms with E-state index in [0.717, 1.165) is 16.3 Å². The molecule has 0 aliphatic carbocycles. The van der Waals surface area contributed by atoms with Crippen molar-refractivity contribution >= 4 is 17.6 Å². The highest BCUT2D eigenvalue weighted by Crippen LogP contribution is 2.22.